The molecule has 0 N–H and O–H groups in total. The Hall–Kier alpha value is -2.47. The van der Waals surface area contributed by atoms with Gasteiger partial charge in [0.2, 0.25) is 0 Å². The normalized spacial score (nSPS) is 19.6. The number of benzene rings is 1. The van der Waals surface area contributed by atoms with Gasteiger partial charge in [0.05, 0.1) is 4.88 Å². The molecule has 1 aliphatic carbocycles. The number of hydrogen-bond acceptors (Lipinski definition) is 5. The van der Waals surface area contributed by atoms with Gasteiger partial charge < -0.3 is 9.64 Å². The van der Waals surface area contributed by atoms with Gasteiger partial charge in [-0.2, -0.15) is 0 Å². The number of likely N-dealkylation sites (tertiary alicyclic amines) is 1. The fourth-order valence-corrected chi connectivity index (χ4v) is 5.17. The minimum absolute atomic E-state index is 0.144. The van der Waals surface area contributed by atoms with Crippen LogP contribution in [0, 0.1) is 0 Å². The highest BCUT2D eigenvalue weighted by molar-refractivity contribution is 7.12. The van der Waals surface area contributed by atoms with Crippen molar-refractivity contribution in [3.8, 4) is 0 Å². The van der Waals surface area contributed by atoms with Crippen molar-refractivity contribution in [1.82, 2.24) is 4.90 Å². The van der Waals surface area contributed by atoms with Gasteiger partial charge in [0, 0.05) is 12.1 Å². The third kappa shape index (κ3) is 4.64. The van der Waals surface area contributed by atoms with Gasteiger partial charge in [-0.15, -0.1) is 11.3 Å². The van der Waals surface area contributed by atoms with Crippen LogP contribution in [0.25, 0.3) is 0 Å². The summed E-state index contributed by atoms with van der Waals surface area (Å²) in [7, 11) is 0. The smallest absolute Gasteiger partial charge is 0.329 e. The van der Waals surface area contributed by atoms with Crippen LogP contribution in [0.5, 0.6) is 0 Å². The van der Waals surface area contributed by atoms with Gasteiger partial charge in [0.15, 0.2) is 12.4 Å². The molecule has 0 radical (unpaired) electrons. The summed E-state index contributed by atoms with van der Waals surface area (Å²) in [5, 5.41) is 1.84. The maximum atomic E-state index is 12.6. The Morgan fingerprint density at radius 2 is 1.73 bits per heavy atom. The second-order valence-corrected chi connectivity index (χ2v) is 9.07. The fourth-order valence-electron chi connectivity index (χ4n) is 4.49. The van der Waals surface area contributed by atoms with Crippen LogP contribution in [0.4, 0.5) is 0 Å². The Morgan fingerprint density at radius 3 is 2.43 bits per heavy atom. The molecule has 4 rings (SSSR count). The van der Waals surface area contributed by atoms with Crippen molar-refractivity contribution in [2.45, 2.75) is 56.9 Å². The lowest BCUT2D eigenvalue weighted by Gasteiger charge is -2.22. The van der Waals surface area contributed by atoms with Gasteiger partial charge in [-0.25, -0.2) is 4.79 Å². The van der Waals surface area contributed by atoms with E-state index >= 15 is 0 Å². The Labute approximate surface area is 181 Å². The molecule has 1 aromatic carbocycles. The molecule has 2 aliphatic rings. The van der Waals surface area contributed by atoms with Crippen LogP contribution in [0.3, 0.4) is 0 Å². The van der Waals surface area contributed by atoms with Crippen molar-refractivity contribution in [1.29, 1.82) is 0 Å². The second-order valence-electron chi connectivity index (χ2n) is 8.12. The molecule has 1 aromatic heterocycles. The fraction of sp³-hybridized carbons (Fsp3) is 0.458. The van der Waals surface area contributed by atoms with Crippen LogP contribution in [-0.2, 0) is 9.53 Å². The molecule has 30 heavy (non-hydrogen) atoms. The van der Waals surface area contributed by atoms with Crippen molar-refractivity contribution < 1.29 is 19.1 Å². The summed E-state index contributed by atoms with van der Waals surface area (Å²) in [6.07, 6.45) is 7.62. The molecule has 158 valence electrons. The number of hydrogen-bond donors (Lipinski definition) is 0. The Balaban J connectivity index is 1.32. The van der Waals surface area contributed by atoms with Crippen LogP contribution in [0.15, 0.2) is 41.8 Å². The lowest BCUT2D eigenvalue weighted by Crippen LogP contribution is -2.41. The average molecular weight is 426 g/mol. The molecule has 0 spiro atoms. The lowest BCUT2D eigenvalue weighted by atomic mass is 9.84. The molecule has 2 heterocycles. The van der Waals surface area contributed by atoms with Gasteiger partial charge in [0.1, 0.15) is 6.04 Å². The van der Waals surface area contributed by atoms with E-state index in [1.54, 1.807) is 11.0 Å². The minimum Gasteiger partial charge on any atom is -0.456 e. The summed E-state index contributed by atoms with van der Waals surface area (Å²) in [6.45, 7) is 0.242. The molecule has 1 saturated heterocycles. The predicted molar refractivity (Wildman–Crippen MR) is 116 cm³/mol. The van der Waals surface area contributed by atoms with E-state index < -0.39 is 12.0 Å². The second kappa shape index (κ2) is 9.56. The molecule has 2 fully saturated rings. The zero-order valence-corrected chi connectivity index (χ0v) is 17.9. The number of thiophene rings is 1. The van der Waals surface area contributed by atoms with E-state index in [0.29, 0.717) is 29.3 Å². The minimum atomic E-state index is -0.610. The SMILES string of the molecule is O=C(COC(=O)[C@H]1CCCN1C(=O)c1cccs1)c1ccc(C2CCCCC2)cc1. The highest BCUT2D eigenvalue weighted by Gasteiger charge is 2.36. The highest BCUT2D eigenvalue weighted by atomic mass is 32.1. The number of ether oxygens (including phenoxy) is 1. The van der Waals surface area contributed by atoms with Crippen molar-refractivity contribution in [2.24, 2.45) is 0 Å². The number of esters is 1. The average Bonchev–Trinajstić information content (AvgIpc) is 3.50. The molecule has 0 bridgehead atoms. The monoisotopic (exact) mass is 425 g/mol. The molecule has 1 aliphatic heterocycles. The first-order valence-electron chi connectivity index (χ1n) is 10.8. The summed E-state index contributed by atoms with van der Waals surface area (Å²) >= 11 is 1.36. The Morgan fingerprint density at radius 1 is 0.967 bits per heavy atom. The van der Waals surface area contributed by atoms with Crippen molar-refractivity contribution in [3.05, 3.63) is 57.8 Å². The van der Waals surface area contributed by atoms with Gasteiger partial charge in [-0.05, 0) is 48.6 Å². The molecule has 1 atom stereocenters. The molecule has 1 saturated carbocycles. The first-order valence-corrected chi connectivity index (χ1v) is 11.7. The molecule has 6 heteroatoms. The zero-order chi connectivity index (χ0) is 20.9. The molecule has 2 aromatic rings. The molecule has 1 amide bonds. The highest BCUT2D eigenvalue weighted by Crippen LogP contribution is 2.32. The number of carbonyl (C=O) groups is 3. The Kier molecular flexibility index (Phi) is 6.62. The molecule has 5 nitrogen and oxygen atoms in total. The molecule has 0 unspecified atom stereocenters. The van der Waals surface area contributed by atoms with Crippen molar-refractivity contribution >= 4 is 29.0 Å². The van der Waals surface area contributed by atoms with Gasteiger partial charge in [-0.1, -0.05) is 49.6 Å². The summed E-state index contributed by atoms with van der Waals surface area (Å²) in [6, 6.07) is 10.7. The quantitative estimate of drug-likeness (QED) is 0.491. The number of carbonyl (C=O) groups excluding carboxylic acids is 3. The number of Topliss-reactive ketones (excluding diaryl/α,β-unsaturated/α-hetero) is 1. The maximum absolute atomic E-state index is 12.6. The molecular formula is C24H27NO4S. The topological polar surface area (TPSA) is 63.7 Å². The van der Waals surface area contributed by atoms with Crippen molar-refractivity contribution in [2.75, 3.05) is 13.2 Å². The first kappa shape index (κ1) is 20.8. The lowest BCUT2D eigenvalue weighted by molar-refractivity contribution is -0.147. The van der Waals surface area contributed by atoms with E-state index in [1.165, 1.54) is 49.0 Å². The summed E-state index contributed by atoms with van der Waals surface area (Å²) < 4.78 is 5.31. The Bertz CT molecular complexity index is 884. The zero-order valence-electron chi connectivity index (χ0n) is 17.0. The largest absolute Gasteiger partial charge is 0.456 e. The van der Waals surface area contributed by atoms with E-state index in [9.17, 15) is 14.4 Å². The van der Waals surface area contributed by atoms with Gasteiger partial charge in [-0.3, -0.25) is 9.59 Å². The third-order valence-corrected chi connectivity index (χ3v) is 7.03. The van der Waals surface area contributed by atoms with E-state index in [-0.39, 0.29) is 18.3 Å². The van der Waals surface area contributed by atoms with Gasteiger partial charge >= 0.3 is 5.97 Å². The number of nitrogens with zero attached hydrogens (tertiary/aromatic N) is 1. The summed E-state index contributed by atoms with van der Waals surface area (Å²) in [4.78, 5) is 39.8. The van der Waals surface area contributed by atoms with Crippen LogP contribution < -0.4 is 0 Å². The number of rotatable bonds is 6. The predicted octanol–water partition coefficient (Wildman–Crippen LogP) is 4.83. The maximum Gasteiger partial charge on any atom is 0.329 e. The molecular weight excluding hydrogens is 398 g/mol. The summed E-state index contributed by atoms with van der Waals surface area (Å²) in [5.41, 5.74) is 1.84. The van der Waals surface area contributed by atoms with E-state index in [0.717, 1.165) is 6.42 Å². The third-order valence-electron chi connectivity index (χ3n) is 6.17. The van der Waals surface area contributed by atoms with Crippen LogP contribution in [0.2, 0.25) is 0 Å². The first-order chi connectivity index (χ1) is 14.6. The van der Waals surface area contributed by atoms with Crippen LogP contribution >= 0.6 is 11.3 Å². The van der Waals surface area contributed by atoms with Gasteiger partial charge in [0.25, 0.3) is 5.91 Å². The summed E-state index contributed by atoms with van der Waals surface area (Å²) in [5.74, 6) is -0.263. The van der Waals surface area contributed by atoms with E-state index in [2.05, 4.69) is 0 Å². The number of ketones is 1. The number of amides is 1. The van der Waals surface area contributed by atoms with E-state index in [4.69, 9.17) is 4.74 Å². The van der Waals surface area contributed by atoms with Crippen LogP contribution in [-0.4, -0.2) is 41.8 Å². The van der Waals surface area contributed by atoms with Crippen molar-refractivity contribution in [3.63, 3.8) is 0 Å². The standard InChI is InChI=1S/C24H27NO4S/c26-21(19-12-10-18(11-13-19)17-6-2-1-3-7-17)16-29-24(28)20-8-4-14-25(20)23(27)22-9-5-15-30-22/h5,9-13,15,17,20H,1-4,6-8,14,16H2/t20-/m1/s1. The van der Waals surface area contributed by atoms with Crippen LogP contribution in [0.1, 0.15) is 76.5 Å². The van der Waals surface area contributed by atoms with E-state index in [1.807, 2.05) is 35.7 Å².